The third-order valence-electron chi connectivity index (χ3n) is 4.38. The summed E-state index contributed by atoms with van der Waals surface area (Å²) in [5, 5.41) is 18.3. The van der Waals surface area contributed by atoms with E-state index in [-0.39, 0.29) is 29.7 Å². The largest absolute Gasteiger partial charge is 0.348 e. The molecule has 142 valence electrons. The van der Waals surface area contributed by atoms with Crippen molar-refractivity contribution < 1.29 is 14.5 Å². The predicted molar refractivity (Wildman–Crippen MR) is 106 cm³/mol. The van der Waals surface area contributed by atoms with E-state index in [2.05, 4.69) is 10.6 Å². The Hall–Kier alpha value is -3.74. The average Bonchev–Trinajstić information content (AvgIpc) is 2.71. The van der Waals surface area contributed by atoms with Gasteiger partial charge >= 0.3 is 0 Å². The molecule has 0 radical (unpaired) electrons. The molecular weight excluding hydrogens is 358 g/mol. The number of fused-ring (bicyclic) bond motifs is 1. The van der Waals surface area contributed by atoms with Gasteiger partial charge in [0.05, 0.1) is 17.5 Å². The topological polar surface area (TPSA) is 101 Å². The summed E-state index contributed by atoms with van der Waals surface area (Å²) in [6, 6.07) is 19.0. The van der Waals surface area contributed by atoms with Crippen LogP contribution in [0.3, 0.4) is 0 Å². The van der Waals surface area contributed by atoms with E-state index in [1.165, 1.54) is 24.3 Å². The minimum atomic E-state index is -0.575. The molecule has 3 aromatic carbocycles. The molecule has 3 rings (SSSR count). The van der Waals surface area contributed by atoms with Gasteiger partial charge in [-0.25, -0.2) is 0 Å². The molecule has 0 heterocycles. The Kier molecular flexibility index (Phi) is 5.64. The third-order valence-corrected chi connectivity index (χ3v) is 4.38. The van der Waals surface area contributed by atoms with Gasteiger partial charge in [-0.1, -0.05) is 42.5 Å². The van der Waals surface area contributed by atoms with Crippen LogP contribution in [-0.2, 0) is 4.79 Å². The molecule has 0 bridgehead atoms. The van der Waals surface area contributed by atoms with Crippen molar-refractivity contribution in [3.8, 4) is 0 Å². The Bertz CT molecular complexity index is 1050. The summed E-state index contributed by atoms with van der Waals surface area (Å²) >= 11 is 0. The van der Waals surface area contributed by atoms with Crippen molar-refractivity contribution in [2.45, 2.75) is 13.0 Å². The molecule has 0 unspecified atom stereocenters. The summed E-state index contributed by atoms with van der Waals surface area (Å²) in [4.78, 5) is 34.5. The molecule has 7 heteroatoms. The van der Waals surface area contributed by atoms with Crippen LogP contribution in [0.5, 0.6) is 0 Å². The van der Waals surface area contributed by atoms with Gasteiger partial charge < -0.3 is 10.6 Å². The van der Waals surface area contributed by atoms with E-state index in [9.17, 15) is 19.7 Å². The van der Waals surface area contributed by atoms with Crippen molar-refractivity contribution >= 4 is 28.3 Å². The predicted octanol–water partition coefficient (Wildman–Crippen LogP) is 3.36. The molecule has 0 aliphatic heterocycles. The average molecular weight is 377 g/mol. The van der Waals surface area contributed by atoms with Gasteiger partial charge in [0.1, 0.15) is 0 Å². The van der Waals surface area contributed by atoms with E-state index < -0.39 is 10.8 Å². The second kappa shape index (κ2) is 8.30. The SMILES string of the molecule is C[C@H](NC(=O)CNC(=O)c1cccc([N+](=O)[O-])c1)c1ccc2ccccc2c1. The number of nitrogens with zero attached hydrogens (tertiary/aromatic N) is 1. The third kappa shape index (κ3) is 4.50. The van der Waals surface area contributed by atoms with Gasteiger partial charge in [0, 0.05) is 17.7 Å². The molecule has 0 aromatic heterocycles. The van der Waals surface area contributed by atoms with Crippen molar-refractivity contribution in [3.63, 3.8) is 0 Å². The maximum absolute atomic E-state index is 12.2. The highest BCUT2D eigenvalue weighted by Gasteiger charge is 2.14. The lowest BCUT2D eigenvalue weighted by Gasteiger charge is -2.15. The normalized spacial score (nSPS) is 11.6. The van der Waals surface area contributed by atoms with Gasteiger partial charge in [0.25, 0.3) is 11.6 Å². The van der Waals surface area contributed by atoms with Crippen molar-refractivity contribution in [1.82, 2.24) is 10.6 Å². The standard InChI is InChI=1S/C21H19N3O4/c1-14(16-10-9-15-5-2-3-6-17(15)11-16)23-20(25)13-22-21(26)18-7-4-8-19(12-18)24(27)28/h2-12,14H,13H2,1H3,(H,22,26)(H,23,25)/t14-/m0/s1. The number of nitro groups is 1. The molecule has 2 amide bonds. The number of nitrogens with one attached hydrogen (secondary N) is 2. The maximum Gasteiger partial charge on any atom is 0.270 e. The van der Waals surface area contributed by atoms with Crippen molar-refractivity contribution in [2.24, 2.45) is 0 Å². The van der Waals surface area contributed by atoms with Crippen LogP contribution in [0.4, 0.5) is 5.69 Å². The first kappa shape index (κ1) is 19.0. The zero-order valence-corrected chi connectivity index (χ0v) is 15.2. The Labute approximate surface area is 161 Å². The fourth-order valence-corrected chi connectivity index (χ4v) is 2.88. The molecule has 0 fully saturated rings. The number of hydrogen-bond donors (Lipinski definition) is 2. The number of non-ortho nitro benzene ring substituents is 1. The summed E-state index contributed by atoms with van der Waals surface area (Å²) in [7, 11) is 0. The maximum atomic E-state index is 12.2. The molecule has 1 atom stereocenters. The summed E-state index contributed by atoms with van der Waals surface area (Å²) in [5.74, 6) is -0.892. The Morgan fingerprint density at radius 1 is 1.00 bits per heavy atom. The van der Waals surface area contributed by atoms with Crippen molar-refractivity contribution in [3.05, 3.63) is 88.0 Å². The molecule has 0 aliphatic rings. The Balaban J connectivity index is 1.58. The molecule has 0 spiro atoms. The molecule has 0 aliphatic carbocycles. The molecule has 28 heavy (non-hydrogen) atoms. The van der Waals surface area contributed by atoms with Gasteiger partial charge in [-0.3, -0.25) is 19.7 Å². The number of hydrogen-bond acceptors (Lipinski definition) is 4. The van der Waals surface area contributed by atoms with Crippen LogP contribution >= 0.6 is 0 Å². The smallest absolute Gasteiger partial charge is 0.270 e. The van der Waals surface area contributed by atoms with Gasteiger partial charge in [0.15, 0.2) is 0 Å². The van der Waals surface area contributed by atoms with E-state index in [4.69, 9.17) is 0 Å². The van der Waals surface area contributed by atoms with E-state index in [1.54, 1.807) is 0 Å². The highest BCUT2D eigenvalue weighted by atomic mass is 16.6. The van der Waals surface area contributed by atoms with Gasteiger partial charge in [0.2, 0.25) is 5.91 Å². The van der Waals surface area contributed by atoms with Crippen LogP contribution in [-0.4, -0.2) is 23.3 Å². The lowest BCUT2D eigenvalue weighted by molar-refractivity contribution is -0.384. The van der Waals surface area contributed by atoms with Crippen LogP contribution in [0.2, 0.25) is 0 Å². The quantitative estimate of drug-likeness (QED) is 0.508. The number of rotatable bonds is 6. The first-order chi connectivity index (χ1) is 13.4. The summed E-state index contributed by atoms with van der Waals surface area (Å²) in [6.07, 6.45) is 0. The zero-order valence-electron chi connectivity index (χ0n) is 15.2. The van der Waals surface area contributed by atoms with Crippen molar-refractivity contribution in [1.29, 1.82) is 0 Å². The molecule has 0 saturated heterocycles. The van der Waals surface area contributed by atoms with E-state index in [0.29, 0.717) is 0 Å². The summed E-state index contributed by atoms with van der Waals surface area (Å²) in [6.45, 7) is 1.64. The van der Waals surface area contributed by atoms with Crippen LogP contribution in [0.1, 0.15) is 28.9 Å². The van der Waals surface area contributed by atoms with Gasteiger partial charge in [-0.15, -0.1) is 0 Å². The Morgan fingerprint density at radius 3 is 2.50 bits per heavy atom. The van der Waals surface area contributed by atoms with Gasteiger partial charge in [-0.05, 0) is 35.4 Å². The summed E-state index contributed by atoms with van der Waals surface area (Å²) in [5.41, 5.74) is 0.906. The fraction of sp³-hybridized carbons (Fsp3) is 0.143. The Morgan fingerprint density at radius 2 is 1.75 bits per heavy atom. The zero-order chi connectivity index (χ0) is 20.1. The lowest BCUT2D eigenvalue weighted by Crippen LogP contribution is -2.38. The molecule has 0 saturated carbocycles. The fourth-order valence-electron chi connectivity index (χ4n) is 2.88. The van der Waals surface area contributed by atoms with E-state index >= 15 is 0 Å². The molecule has 2 N–H and O–H groups in total. The minimum Gasteiger partial charge on any atom is -0.348 e. The first-order valence-corrected chi connectivity index (χ1v) is 8.75. The number of carbonyl (C=O) groups excluding carboxylic acids is 2. The second-order valence-electron chi connectivity index (χ2n) is 6.39. The lowest BCUT2D eigenvalue weighted by atomic mass is 10.0. The first-order valence-electron chi connectivity index (χ1n) is 8.75. The number of carbonyl (C=O) groups is 2. The van der Waals surface area contributed by atoms with Gasteiger partial charge in [-0.2, -0.15) is 0 Å². The van der Waals surface area contributed by atoms with Crippen LogP contribution in [0.15, 0.2) is 66.7 Å². The van der Waals surface area contributed by atoms with E-state index in [0.717, 1.165) is 16.3 Å². The number of nitro benzene ring substituents is 1. The monoisotopic (exact) mass is 377 g/mol. The molecule has 3 aromatic rings. The molecular formula is C21H19N3O4. The van der Waals surface area contributed by atoms with E-state index in [1.807, 2.05) is 49.4 Å². The highest BCUT2D eigenvalue weighted by molar-refractivity contribution is 5.97. The van der Waals surface area contributed by atoms with Crippen molar-refractivity contribution in [2.75, 3.05) is 6.54 Å². The summed E-state index contributed by atoms with van der Waals surface area (Å²) < 4.78 is 0. The van der Waals surface area contributed by atoms with Crippen LogP contribution in [0.25, 0.3) is 10.8 Å². The second-order valence-corrected chi connectivity index (χ2v) is 6.39. The van der Waals surface area contributed by atoms with Crippen LogP contribution < -0.4 is 10.6 Å². The number of amides is 2. The molecule has 7 nitrogen and oxygen atoms in total. The highest BCUT2D eigenvalue weighted by Crippen LogP contribution is 2.20. The number of benzene rings is 3. The minimum absolute atomic E-state index is 0.129. The van der Waals surface area contributed by atoms with Crippen LogP contribution in [0, 0.1) is 10.1 Å².